The number of piperidine rings is 1. The number of rotatable bonds is 3. The topological polar surface area (TPSA) is 71.9 Å². The van der Waals surface area contributed by atoms with E-state index in [-0.39, 0.29) is 18.2 Å². The number of fused-ring (bicyclic) bond motifs is 2. The molecule has 2 bridgehead atoms. The summed E-state index contributed by atoms with van der Waals surface area (Å²) in [4.78, 5) is 18.7. The Bertz CT molecular complexity index is 585. The van der Waals surface area contributed by atoms with Gasteiger partial charge in [-0.2, -0.15) is 0 Å². The van der Waals surface area contributed by atoms with Crippen LogP contribution in [0.15, 0.2) is 24.4 Å². The van der Waals surface area contributed by atoms with E-state index < -0.39 is 11.2 Å². The minimum Gasteiger partial charge on any atom is -0.444 e. The molecular formula is C19H28N2O4. The number of carbonyl (C=O) groups is 1. The summed E-state index contributed by atoms with van der Waals surface area (Å²) in [7, 11) is 0. The van der Waals surface area contributed by atoms with Crippen molar-refractivity contribution >= 4 is 6.09 Å². The molecule has 6 nitrogen and oxygen atoms in total. The molecular weight excluding hydrogens is 320 g/mol. The first-order valence-electron chi connectivity index (χ1n) is 8.97. The lowest BCUT2D eigenvalue weighted by Gasteiger charge is -2.51. The lowest BCUT2D eigenvalue weighted by molar-refractivity contribution is -0.139. The normalized spacial score (nSPS) is 29.4. The maximum absolute atomic E-state index is 12.6. The highest BCUT2D eigenvalue weighted by atomic mass is 16.6. The summed E-state index contributed by atoms with van der Waals surface area (Å²) in [5.74, 6) is 0. The van der Waals surface area contributed by atoms with E-state index in [1.807, 2.05) is 39.0 Å². The van der Waals surface area contributed by atoms with Crippen LogP contribution in [0.25, 0.3) is 0 Å². The molecule has 3 rings (SSSR count). The lowest BCUT2D eigenvalue weighted by atomic mass is 9.78. The van der Waals surface area contributed by atoms with Crippen LogP contribution in [0.3, 0.4) is 0 Å². The van der Waals surface area contributed by atoms with Gasteiger partial charge in [0.1, 0.15) is 5.60 Å². The largest absolute Gasteiger partial charge is 0.444 e. The van der Waals surface area contributed by atoms with Crippen LogP contribution in [-0.2, 0) is 15.9 Å². The minimum absolute atomic E-state index is 0.143. The van der Waals surface area contributed by atoms with E-state index >= 15 is 0 Å². The number of aromatic nitrogens is 1. The van der Waals surface area contributed by atoms with E-state index in [1.165, 1.54) is 0 Å². The number of hydrogen-bond donors (Lipinski definition) is 1. The molecule has 2 atom stereocenters. The highest BCUT2D eigenvalue weighted by Crippen LogP contribution is 2.37. The number of carbonyl (C=O) groups excluding carboxylic acids is 1. The van der Waals surface area contributed by atoms with Crippen LogP contribution in [0.5, 0.6) is 0 Å². The predicted octanol–water partition coefficient (Wildman–Crippen LogP) is 2.54. The molecule has 138 valence electrons. The van der Waals surface area contributed by atoms with E-state index in [0.29, 0.717) is 32.5 Å². The molecule has 0 aliphatic carbocycles. The van der Waals surface area contributed by atoms with Gasteiger partial charge in [0, 0.05) is 11.9 Å². The maximum Gasteiger partial charge on any atom is 0.410 e. The van der Waals surface area contributed by atoms with Crippen molar-refractivity contribution in [1.82, 2.24) is 9.88 Å². The fraction of sp³-hybridized carbons (Fsp3) is 0.684. The molecule has 0 spiro atoms. The van der Waals surface area contributed by atoms with Crippen LogP contribution in [0.2, 0.25) is 0 Å². The number of pyridine rings is 1. The van der Waals surface area contributed by atoms with Gasteiger partial charge in [-0.1, -0.05) is 6.07 Å². The summed E-state index contributed by atoms with van der Waals surface area (Å²) in [6.07, 6.45) is 3.85. The first-order chi connectivity index (χ1) is 11.8. The lowest BCUT2D eigenvalue weighted by Crippen LogP contribution is -2.64. The van der Waals surface area contributed by atoms with Crippen molar-refractivity contribution in [2.75, 3.05) is 13.2 Å². The molecule has 1 N–H and O–H groups in total. The molecule has 1 aromatic rings. The van der Waals surface area contributed by atoms with Crippen molar-refractivity contribution in [3.8, 4) is 0 Å². The van der Waals surface area contributed by atoms with E-state index in [9.17, 15) is 9.90 Å². The summed E-state index contributed by atoms with van der Waals surface area (Å²) in [5.41, 5.74) is -0.347. The van der Waals surface area contributed by atoms with E-state index in [2.05, 4.69) is 4.98 Å². The van der Waals surface area contributed by atoms with Crippen LogP contribution in [0.1, 0.15) is 45.7 Å². The Labute approximate surface area is 149 Å². The average molecular weight is 348 g/mol. The summed E-state index contributed by atoms with van der Waals surface area (Å²) < 4.78 is 11.2. The molecule has 2 unspecified atom stereocenters. The number of nitrogens with zero attached hydrogens (tertiary/aromatic N) is 2. The number of hydrogen-bond acceptors (Lipinski definition) is 5. The van der Waals surface area contributed by atoms with Gasteiger partial charge in [0.2, 0.25) is 0 Å². The molecule has 1 aromatic heterocycles. The van der Waals surface area contributed by atoms with Crippen molar-refractivity contribution in [3.63, 3.8) is 0 Å². The molecule has 6 heteroatoms. The van der Waals surface area contributed by atoms with Crippen LogP contribution < -0.4 is 0 Å². The first kappa shape index (κ1) is 18.1. The van der Waals surface area contributed by atoms with Crippen molar-refractivity contribution < 1.29 is 19.4 Å². The molecule has 2 aliphatic rings. The standard InChI is InChI=1S/C19H28N2O4/c1-18(2,3)25-17(22)21-15-10-19(23,11-16(21)13-24-12-15)8-7-14-6-4-5-9-20-14/h4-6,9,15-16,23H,7-8,10-13H2,1-3H3. The smallest absolute Gasteiger partial charge is 0.410 e. The molecule has 0 radical (unpaired) electrons. The second-order valence-electron chi connectivity index (χ2n) is 8.19. The summed E-state index contributed by atoms with van der Waals surface area (Å²) in [6.45, 7) is 6.49. The van der Waals surface area contributed by atoms with Gasteiger partial charge in [0.05, 0.1) is 30.9 Å². The van der Waals surface area contributed by atoms with Crippen LogP contribution in [0, 0.1) is 0 Å². The molecule has 3 heterocycles. The molecule has 0 aromatic carbocycles. The number of aliphatic hydroxyl groups is 1. The molecule has 2 aliphatic heterocycles. The summed E-state index contributed by atoms with van der Waals surface area (Å²) >= 11 is 0. The van der Waals surface area contributed by atoms with Gasteiger partial charge in [0.15, 0.2) is 0 Å². The Balaban J connectivity index is 1.67. The number of ether oxygens (including phenoxy) is 2. The zero-order chi connectivity index (χ0) is 18.1. The maximum atomic E-state index is 12.6. The number of aryl methyl sites for hydroxylation is 1. The van der Waals surface area contributed by atoms with Gasteiger partial charge in [0.25, 0.3) is 0 Å². The monoisotopic (exact) mass is 348 g/mol. The summed E-state index contributed by atoms with van der Waals surface area (Å²) in [5, 5.41) is 11.1. The molecule has 25 heavy (non-hydrogen) atoms. The summed E-state index contributed by atoms with van der Waals surface area (Å²) in [6, 6.07) is 5.54. The highest BCUT2D eigenvalue weighted by Gasteiger charge is 2.48. The zero-order valence-corrected chi connectivity index (χ0v) is 15.3. The molecule has 1 amide bonds. The number of morpholine rings is 1. The van der Waals surface area contributed by atoms with Crippen LogP contribution in [-0.4, -0.2) is 57.6 Å². The van der Waals surface area contributed by atoms with Gasteiger partial charge in [-0.25, -0.2) is 4.79 Å². The van der Waals surface area contributed by atoms with Gasteiger partial charge in [-0.3, -0.25) is 9.88 Å². The van der Waals surface area contributed by atoms with Crippen LogP contribution in [0.4, 0.5) is 4.79 Å². The van der Waals surface area contributed by atoms with Crippen molar-refractivity contribution in [2.24, 2.45) is 0 Å². The first-order valence-corrected chi connectivity index (χ1v) is 8.97. The molecule has 0 saturated carbocycles. The van der Waals surface area contributed by atoms with E-state index in [1.54, 1.807) is 11.1 Å². The SMILES string of the molecule is CC(C)(C)OC(=O)N1C2COCC1CC(O)(CCc1ccccn1)C2. The van der Waals surface area contributed by atoms with E-state index in [4.69, 9.17) is 9.47 Å². The third-order valence-electron chi connectivity index (χ3n) is 4.82. The Morgan fingerprint density at radius 3 is 2.60 bits per heavy atom. The average Bonchev–Trinajstić information content (AvgIpc) is 2.51. The quantitative estimate of drug-likeness (QED) is 0.909. The highest BCUT2D eigenvalue weighted by molar-refractivity contribution is 5.69. The van der Waals surface area contributed by atoms with E-state index in [0.717, 1.165) is 12.1 Å². The zero-order valence-electron chi connectivity index (χ0n) is 15.3. The van der Waals surface area contributed by atoms with Gasteiger partial charge in [-0.15, -0.1) is 0 Å². The van der Waals surface area contributed by atoms with Gasteiger partial charge >= 0.3 is 6.09 Å². The third kappa shape index (κ3) is 4.50. The Kier molecular flexibility index (Phi) is 5.02. The fourth-order valence-electron chi connectivity index (χ4n) is 3.80. The molecule has 2 fully saturated rings. The predicted molar refractivity (Wildman–Crippen MR) is 93.2 cm³/mol. The van der Waals surface area contributed by atoms with Crippen LogP contribution >= 0.6 is 0 Å². The van der Waals surface area contributed by atoms with Gasteiger partial charge < -0.3 is 14.6 Å². The Morgan fingerprint density at radius 1 is 1.36 bits per heavy atom. The third-order valence-corrected chi connectivity index (χ3v) is 4.82. The number of amides is 1. The van der Waals surface area contributed by atoms with Crippen molar-refractivity contribution in [3.05, 3.63) is 30.1 Å². The second kappa shape index (κ2) is 6.92. The molecule has 2 saturated heterocycles. The Morgan fingerprint density at radius 2 is 2.04 bits per heavy atom. The fourth-order valence-corrected chi connectivity index (χ4v) is 3.80. The second-order valence-corrected chi connectivity index (χ2v) is 8.19. The Hall–Kier alpha value is -1.66. The van der Waals surface area contributed by atoms with Crippen molar-refractivity contribution in [2.45, 2.75) is 69.7 Å². The van der Waals surface area contributed by atoms with Gasteiger partial charge in [-0.05, 0) is 58.6 Å². The minimum atomic E-state index is -0.796. The van der Waals surface area contributed by atoms with Crippen molar-refractivity contribution in [1.29, 1.82) is 0 Å².